The molecule has 3 N–H and O–H groups in total. The first kappa shape index (κ1) is 12.3. The van der Waals surface area contributed by atoms with Crippen molar-refractivity contribution in [3.8, 4) is 11.4 Å². The zero-order valence-electron chi connectivity index (χ0n) is 10.9. The normalized spacial score (nSPS) is 11.1. The fourth-order valence-electron chi connectivity index (χ4n) is 2.29. The summed E-state index contributed by atoms with van der Waals surface area (Å²) in [6, 6.07) is 8.16. The van der Waals surface area contributed by atoms with Crippen molar-refractivity contribution in [1.82, 2.24) is 14.1 Å². The molecule has 1 aromatic carbocycles. The molecule has 0 aliphatic carbocycles. The van der Waals surface area contributed by atoms with Gasteiger partial charge >= 0.3 is 5.69 Å². The number of phenolic OH excluding ortho intramolecular Hbond substituents is 1. The summed E-state index contributed by atoms with van der Waals surface area (Å²) in [7, 11) is 0. The number of anilines is 1. The summed E-state index contributed by atoms with van der Waals surface area (Å²) in [6.07, 6.45) is 1.53. The first-order valence-electron chi connectivity index (χ1n) is 6.28. The molecular weight excluding hydrogens is 256 g/mol. The lowest BCUT2D eigenvalue weighted by Crippen LogP contribution is -2.22. The van der Waals surface area contributed by atoms with E-state index in [-0.39, 0.29) is 11.4 Å². The molecule has 0 unspecified atom stereocenters. The zero-order valence-corrected chi connectivity index (χ0v) is 10.9. The van der Waals surface area contributed by atoms with E-state index in [0.29, 0.717) is 29.1 Å². The van der Waals surface area contributed by atoms with E-state index in [0.717, 1.165) is 0 Å². The molecule has 20 heavy (non-hydrogen) atoms. The number of aromatic nitrogens is 3. The van der Waals surface area contributed by atoms with Crippen LogP contribution in [0.25, 0.3) is 16.9 Å². The molecule has 2 heterocycles. The number of benzene rings is 1. The van der Waals surface area contributed by atoms with Gasteiger partial charge in [0.2, 0.25) is 0 Å². The van der Waals surface area contributed by atoms with Crippen LogP contribution in [0.2, 0.25) is 0 Å². The third kappa shape index (κ3) is 1.73. The third-order valence-electron chi connectivity index (χ3n) is 3.22. The lowest BCUT2D eigenvalue weighted by molar-refractivity contribution is 0.475. The first-order chi connectivity index (χ1) is 9.61. The highest BCUT2D eigenvalue weighted by atomic mass is 16.3. The van der Waals surface area contributed by atoms with Gasteiger partial charge in [0.15, 0.2) is 5.65 Å². The van der Waals surface area contributed by atoms with Crippen molar-refractivity contribution in [3.63, 3.8) is 0 Å². The van der Waals surface area contributed by atoms with Crippen molar-refractivity contribution in [2.75, 3.05) is 5.73 Å². The van der Waals surface area contributed by atoms with E-state index < -0.39 is 0 Å². The van der Waals surface area contributed by atoms with Crippen molar-refractivity contribution in [2.24, 2.45) is 0 Å². The summed E-state index contributed by atoms with van der Waals surface area (Å²) in [4.78, 5) is 16.8. The average Bonchev–Trinajstić information content (AvgIpc) is 2.71. The van der Waals surface area contributed by atoms with Crippen LogP contribution < -0.4 is 11.4 Å². The van der Waals surface area contributed by atoms with E-state index in [9.17, 15) is 9.90 Å². The molecule has 3 rings (SSSR count). The van der Waals surface area contributed by atoms with E-state index in [4.69, 9.17) is 5.73 Å². The van der Waals surface area contributed by atoms with Crippen LogP contribution in [-0.4, -0.2) is 19.2 Å². The molecule has 0 aliphatic rings. The van der Waals surface area contributed by atoms with Gasteiger partial charge in [-0.25, -0.2) is 14.3 Å². The predicted octanol–water partition coefficient (Wildman–Crippen LogP) is 1.49. The second-order valence-electron chi connectivity index (χ2n) is 4.49. The monoisotopic (exact) mass is 270 g/mol. The molecule has 0 amide bonds. The Morgan fingerprint density at radius 1 is 1.30 bits per heavy atom. The Hall–Kier alpha value is -2.76. The van der Waals surface area contributed by atoms with Crippen LogP contribution in [0.3, 0.4) is 0 Å². The largest absolute Gasteiger partial charge is 0.508 e. The Labute approximate surface area is 114 Å². The Morgan fingerprint density at radius 2 is 2.00 bits per heavy atom. The molecular formula is C14H14N4O2. The molecule has 0 saturated heterocycles. The van der Waals surface area contributed by atoms with Crippen molar-refractivity contribution < 1.29 is 5.11 Å². The molecule has 0 bridgehead atoms. The van der Waals surface area contributed by atoms with Gasteiger partial charge in [-0.1, -0.05) is 0 Å². The quantitative estimate of drug-likeness (QED) is 0.738. The lowest BCUT2D eigenvalue weighted by Gasteiger charge is -2.02. The maximum Gasteiger partial charge on any atom is 0.334 e. The summed E-state index contributed by atoms with van der Waals surface area (Å²) in [5.74, 6) is 0.151. The Bertz CT molecular complexity index is 831. The number of phenols is 1. The van der Waals surface area contributed by atoms with Gasteiger partial charge in [0.1, 0.15) is 5.75 Å². The molecule has 0 radical (unpaired) electrons. The number of imidazole rings is 1. The number of hydrogen-bond acceptors (Lipinski definition) is 4. The van der Waals surface area contributed by atoms with Gasteiger partial charge in [-0.15, -0.1) is 0 Å². The van der Waals surface area contributed by atoms with E-state index in [1.807, 2.05) is 6.92 Å². The predicted molar refractivity (Wildman–Crippen MR) is 77.1 cm³/mol. The maximum atomic E-state index is 12.5. The summed E-state index contributed by atoms with van der Waals surface area (Å²) in [5, 5.41) is 9.35. The van der Waals surface area contributed by atoms with Gasteiger partial charge in [-0.3, -0.25) is 4.57 Å². The number of fused-ring (bicyclic) bond motifs is 1. The highest BCUT2D eigenvalue weighted by Gasteiger charge is 2.14. The fraction of sp³-hybridized carbons (Fsp3) is 0.143. The van der Waals surface area contributed by atoms with Crippen LogP contribution in [0.4, 0.5) is 5.69 Å². The van der Waals surface area contributed by atoms with Crippen LogP contribution in [-0.2, 0) is 6.54 Å². The van der Waals surface area contributed by atoms with Crippen LogP contribution in [0.15, 0.2) is 41.3 Å². The summed E-state index contributed by atoms with van der Waals surface area (Å²) >= 11 is 0. The summed E-state index contributed by atoms with van der Waals surface area (Å²) in [6.45, 7) is 2.43. The van der Waals surface area contributed by atoms with Gasteiger partial charge in [0, 0.05) is 6.54 Å². The molecule has 3 aromatic rings. The number of nitrogens with two attached hydrogens (primary N) is 1. The number of nitrogen functional groups attached to an aromatic ring is 1. The molecule has 0 atom stereocenters. The minimum absolute atomic E-state index is 0.151. The smallest absolute Gasteiger partial charge is 0.334 e. The number of aryl methyl sites for hydroxylation is 1. The molecule has 0 saturated carbocycles. The molecule has 102 valence electrons. The SMILES string of the molecule is CCn1c(=O)n(-c2ccc(O)cc2)c2ncc(N)cc21. The Balaban J connectivity index is 2.38. The zero-order chi connectivity index (χ0) is 14.3. The molecule has 2 aromatic heterocycles. The minimum atomic E-state index is -0.175. The Morgan fingerprint density at radius 3 is 2.65 bits per heavy atom. The molecule has 0 spiro atoms. The van der Waals surface area contributed by atoms with E-state index in [1.54, 1.807) is 22.8 Å². The topological polar surface area (TPSA) is 86.1 Å². The number of hydrogen-bond donors (Lipinski definition) is 2. The number of nitrogens with zero attached hydrogens (tertiary/aromatic N) is 3. The van der Waals surface area contributed by atoms with Crippen LogP contribution in [0.1, 0.15) is 6.92 Å². The molecule has 0 aliphatic heterocycles. The lowest BCUT2D eigenvalue weighted by atomic mass is 10.3. The third-order valence-corrected chi connectivity index (χ3v) is 3.22. The average molecular weight is 270 g/mol. The molecule has 6 heteroatoms. The highest BCUT2D eigenvalue weighted by Crippen LogP contribution is 2.19. The number of rotatable bonds is 2. The van der Waals surface area contributed by atoms with E-state index >= 15 is 0 Å². The van der Waals surface area contributed by atoms with E-state index in [1.165, 1.54) is 22.9 Å². The van der Waals surface area contributed by atoms with Crippen LogP contribution >= 0.6 is 0 Å². The van der Waals surface area contributed by atoms with Gasteiger partial charge < -0.3 is 10.8 Å². The maximum absolute atomic E-state index is 12.5. The summed E-state index contributed by atoms with van der Waals surface area (Å²) in [5.41, 5.74) is 7.99. The standard InChI is InChI=1S/C14H14N4O2/c1-2-17-12-7-9(15)8-16-13(12)18(14(17)20)10-3-5-11(19)6-4-10/h3-8,19H,2,15H2,1H3. The van der Waals surface area contributed by atoms with Crippen molar-refractivity contribution in [1.29, 1.82) is 0 Å². The van der Waals surface area contributed by atoms with Gasteiger partial charge in [-0.2, -0.15) is 0 Å². The highest BCUT2D eigenvalue weighted by molar-refractivity contribution is 5.77. The van der Waals surface area contributed by atoms with Crippen LogP contribution in [0.5, 0.6) is 5.75 Å². The first-order valence-corrected chi connectivity index (χ1v) is 6.28. The van der Waals surface area contributed by atoms with Crippen molar-refractivity contribution in [2.45, 2.75) is 13.5 Å². The van der Waals surface area contributed by atoms with Gasteiger partial charge in [0.25, 0.3) is 0 Å². The fourth-order valence-corrected chi connectivity index (χ4v) is 2.29. The van der Waals surface area contributed by atoms with Crippen molar-refractivity contribution in [3.05, 3.63) is 47.0 Å². The van der Waals surface area contributed by atoms with Gasteiger partial charge in [-0.05, 0) is 37.3 Å². The van der Waals surface area contributed by atoms with E-state index in [2.05, 4.69) is 4.98 Å². The van der Waals surface area contributed by atoms with Gasteiger partial charge in [0.05, 0.1) is 23.1 Å². The Kier molecular flexibility index (Phi) is 2.71. The van der Waals surface area contributed by atoms with Crippen molar-refractivity contribution >= 4 is 16.9 Å². The summed E-state index contributed by atoms with van der Waals surface area (Å²) < 4.78 is 3.13. The molecule has 6 nitrogen and oxygen atoms in total. The number of pyridine rings is 1. The second kappa shape index (κ2) is 4.41. The second-order valence-corrected chi connectivity index (χ2v) is 4.49. The number of aromatic hydroxyl groups is 1. The molecule has 0 fully saturated rings. The van der Waals surface area contributed by atoms with Crippen LogP contribution in [0, 0.1) is 0 Å². The minimum Gasteiger partial charge on any atom is -0.508 e.